The van der Waals surface area contributed by atoms with Gasteiger partial charge in [0.25, 0.3) is 10.0 Å². The summed E-state index contributed by atoms with van der Waals surface area (Å²) in [5.74, 6) is -0.232. The van der Waals surface area contributed by atoms with E-state index in [1.807, 2.05) is 30.0 Å². The van der Waals surface area contributed by atoms with Gasteiger partial charge in [-0.1, -0.05) is 31.2 Å². The summed E-state index contributed by atoms with van der Waals surface area (Å²) in [5, 5.41) is 4.38. The average Bonchev–Trinajstić information content (AvgIpc) is 2.96. The lowest BCUT2D eigenvalue weighted by Crippen LogP contribution is -2.53. The number of rotatable bonds is 6. The van der Waals surface area contributed by atoms with Gasteiger partial charge in [-0.15, -0.1) is 0 Å². The Morgan fingerprint density at radius 1 is 1.00 bits per heavy atom. The summed E-state index contributed by atoms with van der Waals surface area (Å²) in [7, 11) is -3.75. The molecule has 8 nitrogen and oxygen atoms in total. The van der Waals surface area contributed by atoms with Gasteiger partial charge in [0.05, 0.1) is 17.1 Å². The van der Waals surface area contributed by atoms with Gasteiger partial charge in [-0.3, -0.25) is 18.8 Å². The van der Waals surface area contributed by atoms with E-state index in [4.69, 9.17) is 0 Å². The van der Waals surface area contributed by atoms with Gasteiger partial charge in [0, 0.05) is 38.1 Å². The maximum Gasteiger partial charge on any atom is 0.265 e. The van der Waals surface area contributed by atoms with E-state index >= 15 is 0 Å². The first kappa shape index (κ1) is 20.6. The quantitative estimate of drug-likeness (QED) is 0.739. The molecule has 0 aromatic heterocycles. The molecule has 0 atom stereocenters. The Balaban J connectivity index is 1.41. The van der Waals surface area contributed by atoms with Crippen molar-refractivity contribution >= 4 is 38.3 Å². The van der Waals surface area contributed by atoms with Crippen LogP contribution in [0.1, 0.15) is 13.3 Å². The number of sulfonamides is 1. The fourth-order valence-corrected chi connectivity index (χ4v) is 5.69. The molecule has 30 heavy (non-hydrogen) atoms. The Labute approximate surface area is 176 Å². The molecule has 1 saturated heterocycles. The summed E-state index contributed by atoms with van der Waals surface area (Å²) in [5.41, 5.74) is 0.558. The summed E-state index contributed by atoms with van der Waals surface area (Å²) < 4.78 is 27.3. The van der Waals surface area contributed by atoms with Crippen LogP contribution in [-0.2, 0) is 19.6 Å². The zero-order chi connectivity index (χ0) is 21.3. The lowest BCUT2D eigenvalue weighted by molar-refractivity contribution is -0.131. The number of amides is 2. The van der Waals surface area contributed by atoms with Crippen molar-refractivity contribution in [1.29, 1.82) is 0 Å². The van der Waals surface area contributed by atoms with E-state index in [1.54, 1.807) is 23.1 Å². The van der Waals surface area contributed by atoms with Gasteiger partial charge in [0.15, 0.2) is 0 Å². The molecule has 0 aliphatic carbocycles. The Bertz CT molecular complexity index is 1070. The van der Waals surface area contributed by atoms with Gasteiger partial charge in [0.2, 0.25) is 11.8 Å². The van der Waals surface area contributed by atoms with E-state index in [-0.39, 0.29) is 23.3 Å². The van der Waals surface area contributed by atoms with Gasteiger partial charge >= 0.3 is 0 Å². The zero-order valence-corrected chi connectivity index (χ0v) is 17.8. The molecule has 0 bridgehead atoms. The number of hydrogen-bond acceptors (Lipinski definition) is 5. The van der Waals surface area contributed by atoms with Crippen LogP contribution in [0.5, 0.6) is 0 Å². The molecule has 1 N–H and O–H groups in total. The van der Waals surface area contributed by atoms with Crippen molar-refractivity contribution in [3.8, 4) is 0 Å². The highest BCUT2D eigenvalue weighted by atomic mass is 32.2. The Kier molecular flexibility index (Phi) is 5.66. The molecule has 2 heterocycles. The number of benzene rings is 2. The van der Waals surface area contributed by atoms with Crippen molar-refractivity contribution in [2.24, 2.45) is 0 Å². The minimum atomic E-state index is -3.75. The van der Waals surface area contributed by atoms with E-state index < -0.39 is 10.0 Å². The predicted molar refractivity (Wildman–Crippen MR) is 115 cm³/mol. The molecule has 9 heteroatoms. The van der Waals surface area contributed by atoms with Crippen molar-refractivity contribution in [2.45, 2.75) is 18.2 Å². The van der Waals surface area contributed by atoms with E-state index in [2.05, 4.69) is 5.32 Å². The first-order chi connectivity index (χ1) is 14.4. The predicted octanol–water partition coefficient (Wildman–Crippen LogP) is 1.02. The third-order valence-corrected chi connectivity index (χ3v) is 7.43. The normalized spacial score (nSPS) is 18.0. The molecule has 0 radical (unpaired) electrons. The molecule has 0 spiro atoms. The molecule has 0 saturated carbocycles. The van der Waals surface area contributed by atoms with Crippen LogP contribution in [0.3, 0.4) is 0 Å². The van der Waals surface area contributed by atoms with Crippen molar-refractivity contribution < 1.29 is 18.0 Å². The van der Waals surface area contributed by atoms with Crippen molar-refractivity contribution in [2.75, 3.05) is 50.1 Å². The van der Waals surface area contributed by atoms with E-state index in [0.29, 0.717) is 50.3 Å². The molecule has 0 unspecified atom stereocenters. The van der Waals surface area contributed by atoms with Gasteiger partial charge in [-0.2, -0.15) is 0 Å². The molecule has 1 fully saturated rings. The van der Waals surface area contributed by atoms with Crippen LogP contribution in [0.25, 0.3) is 10.8 Å². The van der Waals surface area contributed by atoms with E-state index in [9.17, 15) is 18.0 Å². The van der Waals surface area contributed by atoms with Crippen LogP contribution in [0, 0.1) is 0 Å². The van der Waals surface area contributed by atoms with Crippen LogP contribution in [0.4, 0.5) is 5.69 Å². The first-order valence-electron chi connectivity index (χ1n) is 10.2. The van der Waals surface area contributed by atoms with E-state index in [0.717, 1.165) is 11.8 Å². The summed E-state index contributed by atoms with van der Waals surface area (Å²) in [6, 6.07) is 10.6. The second kappa shape index (κ2) is 8.23. The van der Waals surface area contributed by atoms with Crippen molar-refractivity contribution in [1.82, 2.24) is 15.1 Å². The summed E-state index contributed by atoms with van der Waals surface area (Å²) in [4.78, 5) is 28.7. The third kappa shape index (κ3) is 3.75. The van der Waals surface area contributed by atoms with Crippen LogP contribution in [-0.4, -0.2) is 75.8 Å². The smallest absolute Gasteiger partial charge is 0.265 e. The van der Waals surface area contributed by atoms with Crippen LogP contribution in [0.2, 0.25) is 0 Å². The maximum atomic E-state index is 13.0. The lowest BCUT2D eigenvalue weighted by Gasteiger charge is -2.35. The Morgan fingerprint density at radius 2 is 1.70 bits per heavy atom. The Morgan fingerprint density at radius 3 is 2.40 bits per heavy atom. The largest absolute Gasteiger partial charge is 0.355 e. The molecular weight excluding hydrogens is 404 g/mol. The number of nitrogens with one attached hydrogen (secondary N) is 1. The number of carbonyl (C=O) groups excluding carboxylic acids is 2. The number of anilines is 1. The highest BCUT2D eigenvalue weighted by molar-refractivity contribution is 7.93. The van der Waals surface area contributed by atoms with E-state index in [1.165, 1.54) is 4.31 Å². The molecule has 2 aliphatic heterocycles. The summed E-state index contributed by atoms with van der Waals surface area (Å²) in [6.45, 7) is 4.91. The fourth-order valence-electron chi connectivity index (χ4n) is 4.03. The van der Waals surface area contributed by atoms with Crippen molar-refractivity contribution in [3.63, 3.8) is 0 Å². The highest BCUT2D eigenvalue weighted by Crippen LogP contribution is 2.41. The molecule has 2 aromatic carbocycles. The van der Waals surface area contributed by atoms with Crippen LogP contribution < -0.4 is 9.62 Å². The summed E-state index contributed by atoms with van der Waals surface area (Å²) >= 11 is 0. The van der Waals surface area contributed by atoms with Gasteiger partial charge in [0.1, 0.15) is 6.54 Å². The molecule has 2 amide bonds. The molecule has 2 aliphatic rings. The first-order valence-corrected chi connectivity index (χ1v) is 11.7. The van der Waals surface area contributed by atoms with Crippen LogP contribution in [0.15, 0.2) is 41.3 Å². The van der Waals surface area contributed by atoms with Gasteiger partial charge in [-0.05, 0) is 23.9 Å². The highest BCUT2D eigenvalue weighted by Gasteiger charge is 2.37. The minimum Gasteiger partial charge on any atom is -0.355 e. The third-order valence-electron chi connectivity index (χ3n) is 5.62. The Hall–Kier alpha value is -2.65. The molecule has 160 valence electrons. The molecule has 4 rings (SSSR count). The monoisotopic (exact) mass is 430 g/mol. The lowest BCUT2D eigenvalue weighted by atomic mass is 10.1. The summed E-state index contributed by atoms with van der Waals surface area (Å²) in [6.07, 6.45) is 0.894. The number of nitrogens with zero attached hydrogens (tertiary/aromatic N) is 3. The average molecular weight is 431 g/mol. The maximum absolute atomic E-state index is 13.0. The second-order valence-electron chi connectivity index (χ2n) is 7.65. The standard InChI is InChI=1S/C21H26N4O4S/c1-2-9-22-19(26)14-23-10-12-24(13-11-23)20(27)15-25-17-7-3-5-16-6-4-8-18(21(16)17)30(25,28)29/h3-8H,2,9-15H2,1H3,(H,22,26). The molecular formula is C21H26N4O4S. The number of carbonyl (C=O) groups is 2. The van der Waals surface area contributed by atoms with Crippen LogP contribution >= 0.6 is 0 Å². The molecule has 2 aromatic rings. The fraction of sp³-hybridized carbons (Fsp3) is 0.429. The van der Waals surface area contributed by atoms with Crippen molar-refractivity contribution in [3.05, 3.63) is 36.4 Å². The minimum absolute atomic E-state index is 0.00866. The number of hydrogen-bond donors (Lipinski definition) is 1. The SMILES string of the molecule is CCCNC(=O)CN1CCN(C(=O)CN2c3cccc4cccc(c34)S2(=O)=O)CC1. The number of piperazine rings is 1. The van der Waals surface area contributed by atoms with Gasteiger partial charge in [-0.25, -0.2) is 8.42 Å². The van der Waals surface area contributed by atoms with Gasteiger partial charge < -0.3 is 10.2 Å². The topological polar surface area (TPSA) is 90.0 Å². The second-order valence-corrected chi connectivity index (χ2v) is 9.48. The zero-order valence-electron chi connectivity index (χ0n) is 17.0.